The smallest absolute Gasteiger partial charge is 0.164 e. The molecule has 0 bridgehead atoms. The average Bonchev–Trinajstić information content (AvgIpc) is 1.51. The van der Waals surface area contributed by atoms with E-state index in [0.29, 0.717) is 17.5 Å². The minimum absolute atomic E-state index is 0.402. The van der Waals surface area contributed by atoms with E-state index < -0.39 is 5.41 Å². The van der Waals surface area contributed by atoms with Gasteiger partial charge in [0.05, 0.1) is 5.41 Å². The minimum atomic E-state index is -0.402. The Labute approximate surface area is 741 Å². The van der Waals surface area contributed by atoms with E-state index in [1.54, 1.807) is 0 Å². The number of fused-ring (bicyclic) bond motifs is 10. The lowest BCUT2D eigenvalue weighted by atomic mass is 9.70. The molecule has 0 amide bonds. The molecule has 592 valence electrons. The van der Waals surface area contributed by atoms with Gasteiger partial charge in [-0.1, -0.05) is 406 Å². The Hall–Kier alpha value is -16.6. The third-order valence-electron chi connectivity index (χ3n) is 25.7. The SMILES string of the molecule is c1ccc(-c2cccc(-c3cccc(-c4cccc(-c5ccc(-c6nc(-c7cccc(-c8cccc(-c9cccc(-c%10cccc(-c%11ccccc%11)c%10)c9)c8)c7)nc(-c7cccc(-c8cccc(-c9cccc(-c%10cccc(-c%11cccc(-c%12cccc(-c%13ccc%14c(c%13)C%13(c%15ccccc%15-c%15ccccc%15%13)c%13ccccc%13-%14)c%12)c%11)c%10)c9)c8)c7)n6)cc5)c4)c3)c2)cc1. The fourth-order valence-electron chi connectivity index (χ4n) is 19.4. The lowest BCUT2D eigenvalue weighted by molar-refractivity contribution is 0.794. The van der Waals surface area contributed by atoms with Crippen LogP contribution in [0.2, 0.25) is 0 Å². The molecule has 2 aliphatic rings. The summed E-state index contributed by atoms with van der Waals surface area (Å²) in [5, 5.41) is 0. The van der Waals surface area contributed by atoms with Crippen LogP contribution in [-0.2, 0) is 5.41 Å². The van der Waals surface area contributed by atoms with Gasteiger partial charge in [0.2, 0.25) is 0 Å². The largest absolute Gasteiger partial charge is 0.208 e. The van der Waals surface area contributed by atoms with Crippen LogP contribution in [0.1, 0.15) is 22.3 Å². The normalized spacial score (nSPS) is 12.0. The van der Waals surface area contributed by atoms with Gasteiger partial charge in [-0.15, -0.1) is 0 Å². The van der Waals surface area contributed by atoms with Crippen molar-refractivity contribution < 1.29 is 0 Å². The molecule has 2 aliphatic carbocycles. The Morgan fingerprint density at radius 2 is 0.260 bits per heavy atom. The number of aromatic nitrogens is 3. The Kier molecular flexibility index (Phi) is 19.2. The zero-order chi connectivity index (χ0) is 84.1. The molecule has 21 aromatic rings. The second kappa shape index (κ2) is 32.3. The first kappa shape index (κ1) is 75.4. The van der Waals surface area contributed by atoms with Crippen molar-refractivity contribution in [1.29, 1.82) is 0 Å². The van der Waals surface area contributed by atoms with Gasteiger partial charge in [0.25, 0.3) is 0 Å². The van der Waals surface area contributed by atoms with Crippen molar-refractivity contribution in [2.75, 3.05) is 0 Å². The zero-order valence-electron chi connectivity index (χ0n) is 69.6. The summed E-state index contributed by atoms with van der Waals surface area (Å²) in [6.07, 6.45) is 0. The van der Waals surface area contributed by atoms with Gasteiger partial charge >= 0.3 is 0 Å². The molecular weight excluding hydrogens is 1530 g/mol. The molecular formula is C124H81N3. The third kappa shape index (κ3) is 14.3. The first-order valence-electron chi connectivity index (χ1n) is 43.6. The van der Waals surface area contributed by atoms with E-state index >= 15 is 0 Å². The molecule has 23 rings (SSSR count). The summed E-state index contributed by atoms with van der Waals surface area (Å²) >= 11 is 0. The number of rotatable bonds is 17. The van der Waals surface area contributed by atoms with Crippen LogP contribution in [0, 0.1) is 0 Å². The molecule has 127 heavy (non-hydrogen) atoms. The van der Waals surface area contributed by atoms with E-state index in [-0.39, 0.29) is 0 Å². The summed E-state index contributed by atoms with van der Waals surface area (Å²) in [6.45, 7) is 0. The van der Waals surface area contributed by atoms with Crippen molar-refractivity contribution in [1.82, 2.24) is 15.0 Å². The fourth-order valence-corrected chi connectivity index (χ4v) is 19.4. The highest BCUT2D eigenvalue weighted by molar-refractivity contribution is 5.97. The number of hydrogen-bond acceptors (Lipinski definition) is 3. The highest BCUT2D eigenvalue weighted by Crippen LogP contribution is 2.63. The number of hydrogen-bond donors (Lipinski definition) is 0. The molecule has 0 saturated carbocycles. The third-order valence-corrected chi connectivity index (χ3v) is 25.7. The van der Waals surface area contributed by atoms with Crippen molar-refractivity contribution in [2.45, 2.75) is 5.41 Å². The second-order valence-corrected chi connectivity index (χ2v) is 33.3. The van der Waals surface area contributed by atoms with E-state index in [0.717, 1.165) is 106 Å². The van der Waals surface area contributed by atoms with Crippen LogP contribution in [0.15, 0.2) is 491 Å². The predicted molar refractivity (Wildman–Crippen MR) is 529 cm³/mol. The monoisotopic (exact) mass is 1610 g/mol. The molecule has 0 saturated heterocycles. The maximum atomic E-state index is 5.42. The predicted octanol–water partition coefficient (Wildman–Crippen LogP) is 32.6. The summed E-state index contributed by atoms with van der Waals surface area (Å²) in [6, 6.07) is 179. The summed E-state index contributed by atoms with van der Waals surface area (Å²) in [7, 11) is 0. The molecule has 1 spiro atoms. The molecule has 3 heteroatoms. The van der Waals surface area contributed by atoms with Crippen molar-refractivity contribution in [3.63, 3.8) is 0 Å². The molecule has 20 aromatic carbocycles. The highest BCUT2D eigenvalue weighted by Gasteiger charge is 2.51. The summed E-state index contributed by atoms with van der Waals surface area (Å²) in [5.74, 6) is 1.74. The summed E-state index contributed by atoms with van der Waals surface area (Å²) in [5.41, 5.74) is 45.0. The molecule has 0 N–H and O–H groups in total. The Balaban J connectivity index is 0.539. The maximum absolute atomic E-state index is 5.42. The van der Waals surface area contributed by atoms with Gasteiger partial charge in [0.15, 0.2) is 17.5 Å². The van der Waals surface area contributed by atoms with Gasteiger partial charge in [-0.2, -0.15) is 0 Å². The zero-order valence-corrected chi connectivity index (χ0v) is 69.6. The Morgan fingerprint density at radius 3 is 0.512 bits per heavy atom. The number of nitrogens with zero attached hydrogens (tertiary/aromatic N) is 3. The van der Waals surface area contributed by atoms with E-state index in [1.165, 1.54) is 111 Å². The molecule has 0 fully saturated rings. The van der Waals surface area contributed by atoms with Crippen LogP contribution in [-0.4, -0.2) is 15.0 Å². The Bertz CT molecular complexity index is 7770. The van der Waals surface area contributed by atoms with Crippen LogP contribution in [0.25, 0.3) is 212 Å². The van der Waals surface area contributed by atoms with Crippen LogP contribution in [0.5, 0.6) is 0 Å². The first-order valence-corrected chi connectivity index (χ1v) is 43.6. The second-order valence-electron chi connectivity index (χ2n) is 33.3. The van der Waals surface area contributed by atoms with Crippen LogP contribution in [0.4, 0.5) is 0 Å². The van der Waals surface area contributed by atoms with E-state index in [1.807, 2.05) is 0 Å². The van der Waals surface area contributed by atoms with Gasteiger partial charge in [0.1, 0.15) is 0 Å². The van der Waals surface area contributed by atoms with Gasteiger partial charge in [-0.25, -0.2) is 15.0 Å². The average molecular weight is 1610 g/mol. The van der Waals surface area contributed by atoms with Crippen molar-refractivity contribution in [3.8, 4) is 212 Å². The quantitative estimate of drug-likeness (QED) is 0.0912. The first-order chi connectivity index (χ1) is 62.8. The van der Waals surface area contributed by atoms with Gasteiger partial charge < -0.3 is 0 Å². The van der Waals surface area contributed by atoms with Gasteiger partial charge in [0, 0.05) is 16.7 Å². The fraction of sp³-hybridized carbons (Fsp3) is 0.00806. The molecule has 3 nitrogen and oxygen atoms in total. The lowest BCUT2D eigenvalue weighted by Gasteiger charge is -2.30. The summed E-state index contributed by atoms with van der Waals surface area (Å²) < 4.78 is 0. The van der Waals surface area contributed by atoms with E-state index in [2.05, 4.69) is 491 Å². The minimum Gasteiger partial charge on any atom is -0.208 e. The van der Waals surface area contributed by atoms with E-state index in [9.17, 15) is 0 Å². The van der Waals surface area contributed by atoms with Crippen molar-refractivity contribution in [2.24, 2.45) is 0 Å². The molecule has 1 aromatic heterocycles. The van der Waals surface area contributed by atoms with E-state index in [4.69, 9.17) is 15.0 Å². The Morgan fingerprint density at radius 1 is 0.102 bits per heavy atom. The maximum Gasteiger partial charge on any atom is 0.164 e. The standard InChI is InChI=1S/C124H81N3/c1-3-26-82(27-4-1)86-30-13-33-89(68-86)92-36-16-38-94(71-92)91-35-15-32-88(70-91)84-62-64-85(65-63-84)121-125-122(111-54-24-52-108(79-111)105-49-21-46-102(76-105)95-39-17-37-93(72-95)90-34-14-31-87(69-90)83-28-5-2-6-29-83)127-123(126-121)112-55-25-53-109(80-112)106-50-22-47-103(77-106)100-44-19-42-98(74-100)96-40-18-41-97(73-96)99-43-20-45-101(75-99)104-48-23-51-107(78-104)110-66-67-116-115-58-9-12-61-119(115)124(120(116)81-110)117-59-10-7-56-113(117)114-57-8-11-60-118(114)124/h1-81H. The van der Waals surface area contributed by atoms with Crippen LogP contribution < -0.4 is 0 Å². The highest BCUT2D eigenvalue weighted by atomic mass is 15.0. The van der Waals surface area contributed by atoms with Crippen LogP contribution >= 0.6 is 0 Å². The number of benzene rings is 20. The topological polar surface area (TPSA) is 38.7 Å². The summed E-state index contributed by atoms with van der Waals surface area (Å²) in [4.78, 5) is 16.2. The molecule has 1 heterocycles. The molecule has 0 aliphatic heterocycles. The van der Waals surface area contributed by atoms with Gasteiger partial charge in [-0.3, -0.25) is 0 Å². The van der Waals surface area contributed by atoms with Gasteiger partial charge in [-0.05, 0) is 285 Å². The van der Waals surface area contributed by atoms with Crippen molar-refractivity contribution >= 4 is 0 Å². The molecule has 0 radical (unpaired) electrons. The lowest BCUT2D eigenvalue weighted by Crippen LogP contribution is -2.25. The molecule has 0 unspecified atom stereocenters. The van der Waals surface area contributed by atoms with Crippen molar-refractivity contribution in [3.05, 3.63) is 514 Å². The molecule has 0 atom stereocenters. The van der Waals surface area contributed by atoms with Crippen LogP contribution in [0.3, 0.4) is 0 Å².